The molecule has 0 radical (unpaired) electrons. The fraction of sp³-hybridized carbons (Fsp3) is 1.00. The third kappa shape index (κ3) is 6.74. The standard InChI is InChI=1S/C21H42N2/c1-6-17(2)23-15-19(13-21(3,4)5)12-20(16-23)22-14-18-10-8-7-9-11-18/h17-20,22H,6-16H2,1-5H3. The highest BCUT2D eigenvalue weighted by Gasteiger charge is 2.31. The van der Waals surface area contributed by atoms with E-state index in [-0.39, 0.29) is 0 Å². The number of piperidine rings is 1. The largest absolute Gasteiger partial charge is 0.312 e. The summed E-state index contributed by atoms with van der Waals surface area (Å²) in [6.45, 7) is 15.8. The van der Waals surface area contributed by atoms with Crippen LogP contribution >= 0.6 is 0 Å². The van der Waals surface area contributed by atoms with Crippen LogP contribution in [0.5, 0.6) is 0 Å². The smallest absolute Gasteiger partial charge is 0.0198 e. The van der Waals surface area contributed by atoms with Gasteiger partial charge in [0.1, 0.15) is 0 Å². The molecule has 2 nitrogen and oxygen atoms in total. The maximum Gasteiger partial charge on any atom is 0.0198 e. The van der Waals surface area contributed by atoms with E-state index < -0.39 is 0 Å². The summed E-state index contributed by atoms with van der Waals surface area (Å²) in [6.07, 6.45) is 11.3. The molecule has 1 heterocycles. The second-order valence-corrected chi connectivity index (χ2v) is 9.69. The first-order chi connectivity index (χ1) is 10.9. The molecule has 0 aromatic carbocycles. The molecule has 23 heavy (non-hydrogen) atoms. The summed E-state index contributed by atoms with van der Waals surface area (Å²) >= 11 is 0. The van der Waals surface area contributed by atoms with Gasteiger partial charge in [0.25, 0.3) is 0 Å². The minimum atomic E-state index is 0.455. The van der Waals surface area contributed by atoms with Gasteiger partial charge in [0.15, 0.2) is 0 Å². The first-order valence-electron chi connectivity index (χ1n) is 10.3. The lowest BCUT2D eigenvalue weighted by molar-refractivity contribution is 0.0806. The average Bonchev–Trinajstić information content (AvgIpc) is 2.51. The van der Waals surface area contributed by atoms with Gasteiger partial charge in [-0.2, -0.15) is 0 Å². The molecule has 1 saturated carbocycles. The van der Waals surface area contributed by atoms with Crippen LogP contribution in [0.2, 0.25) is 0 Å². The van der Waals surface area contributed by atoms with Crippen LogP contribution in [0.25, 0.3) is 0 Å². The summed E-state index contributed by atoms with van der Waals surface area (Å²) in [6, 6.07) is 1.45. The van der Waals surface area contributed by atoms with Gasteiger partial charge in [0.2, 0.25) is 0 Å². The van der Waals surface area contributed by atoms with Crippen molar-refractivity contribution in [1.29, 1.82) is 0 Å². The van der Waals surface area contributed by atoms with Crippen LogP contribution in [0, 0.1) is 17.3 Å². The van der Waals surface area contributed by atoms with Gasteiger partial charge in [-0.25, -0.2) is 0 Å². The molecule has 1 saturated heterocycles. The Kier molecular flexibility index (Phi) is 7.41. The van der Waals surface area contributed by atoms with E-state index in [4.69, 9.17) is 0 Å². The van der Waals surface area contributed by atoms with E-state index in [9.17, 15) is 0 Å². The average molecular weight is 323 g/mol. The minimum Gasteiger partial charge on any atom is -0.312 e. The van der Waals surface area contributed by atoms with Crippen molar-refractivity contribution in [2.75, 3.05) is 19.6 Å². The van der Waals surface area contributed by atoms with Gasteiger partial charge >= 0.3 is 0 Å². The summed E-state index contributed by atoms with van der Waals surface area (Å²) in [7, 11) is 0. The van der Waals surface area contributed by atoms with Crippen LogP contribution in [-0.2, 0) is 0 Å². The van der Waals surface area contributed by atoms with Crippen molar-refractivity contribution in [3.63, 3.8) is 0 Å². The molecule has 1 aliphatic carbocycles. The lowest BCUT2D eigenvalue weighted by Crippen LogP contribution is -2.53. The van der Waals surface area contributed by atoms with Crippen molar-refractivity contribution in [2.24, 2.45) is 17.3 Å². The summed E-state index contributed by atoms with van der Waals surface area (Å²) in [5, 5.41) is 3.97. The number of hydrogen-bond donors (Lipinski definition) is 1. The van der Waals surface area contributed by atoms with E-state index in [1.54, 1.807) is 0 Å². The van der Waals surface area contributed by atoms with Crippen molar-refractivity contribution >= 4 is 0 Å². The lowest BCUT2D eigenvalue weighted by Gasteiger charge is -2.43. The Hall–Kier alpha value is -0.0800. The highest BCUT2D eigenvalue weighted by molar-refractivity contribution is 4.88. The van der Waals surface area contributed by atoms with Gasteiger partial charge in [-0.3, -0.25) is 4.90 Å². The number of likely N-dealkylation sites (tertiary alicyclic amines) is 1. The molecular weight excluding hydrogens is 280 g/mol. The van der Waals surface area contributed by atoms with Gasteiger partial charge in [-0.05, 0) is 62.8 Å². The molecule has 3 atom stereocenters. The second kappa shape index (κ2) is 8.85. The van der Waals surface area contributed by atoms with Crippen LogP contribution < -0.4 is 5.32 Å². The van der Waals surface area contributed by atoms with Crippen LogP contribution in [0.15, 0.2) is 0 Å². The van der Waals surface area contributed by atoms with Crippen LogP contribution in [0.1, 0.15) is 86.0 Å². The van der Waals surface area contributed by atoms with Crippen LogP contribution in [0.3, 0.4) is 0 Å². The Bertz CT molecular complexity index is 327. The molecule has 0 spiro atoms. The summed E-state index contributed by atoms with van der Waals surface area (Å²) in [5.74, 6) is 1.81. The van der Waals surface area contributed by atoms with Gasteiger partial charge in [0, 0.05) is 25.2 Å². The normalized spacial score (nSPS) is 29.6. The highest BCUT2D eigenvalue weighted by Crippen LogP contribution is 2.31. The van der Waals surface area contributed by atoms with E-state index in [1.807, 2.05) is 0 Å². The fourth-order valence-electron chi connectivity index (χ4n) is 4.75. The predicted molar refractivity (Wildman–Crippen MR) is 102 cm³/mol. The SMILES string of the molecule is CCC(C)N1CC(CC(C)(C)C)CC(NCC2CCCCC2)C1. The van der Waals surface area contributed by atoms with Crippen LogP contribution in [0.4, 0.5) is 0 Å². The number of nitrogens with one attached hydrogen (secondary N) is 1. The fourth-order valence-corrected chi connectivity index (χ4v) is 4.75. The zero-order chi connectivity index (χ0) is 16.9. The summed E-state index contributed by atoms with van der Waals surface area (Å²) < 4.78 is 0. The molecule has 2 rings (SSSR count). The Morgan fingerprint density at radius 2 is 1.74 bits per heavy atom. The molecule has 1 N–H and O–H groups in total. The number of hydrogen-bond acceptors (Lipinski definition) is 2. The Labute approximate surface area is 145 Å². The molecule has 0 amide bonds. The summed E-state index contributed by atoms with van der Waals surface area (Å²) in [5.41, 5.74) is 0.455. The highest BCUT2D eigenvalue weighted by atomic mass is 15.2. The molecule has 2 fully saturated rings. The van der Waals surface area contributed by atoms with Gasteiger partial charge in [0.05, 0.1) is 0 Å². The number of rotatable bonds is 6. The van der Waals surface area contributed by atoms with E-state index in [2.05, 4.69) is 44.8 Å². The molecular formula is C21H42N2. The Morgan fingerprint density at radius 1 is 1.04 bits per heavy atom. The maximum atomic E-state index is 3.97. The van der Waals surface area contributed by atoms with Crippen molar-refractivity contribution < 1.29 is 0 Å². The maximum absolute atomic E-state index is 3.97. The van der Waals surface area contributed by atoms with E-state index >= 15 is 0 Å². The molecule has 3 unspecified atom stereocenters. The first kappa shape index (κ1) is 19.2. The van der Waals surface area contributed by atoms with Crippen molar-refractivity contribution in [1.82, 2.24) is 10.2 Å². The minimum absolute atomic E-state index is 0.455. The first-order valence-corrected chi connectivity index (χ1v) is 10.3. The Morgan fingerprint density at radius 3 is 2.35 bits per heavy atom. The molecule has 0 aromatic heterocycles. The molecule has 0 bridgehead atoms. The van der Waals surface area contributed by atoms with Crippen LogP contribution in [-0.4, -0.2) is 36.6 Å². The summed E-state index contributed by atoms with van der Waals surface area (Å²) in [4.78, 5) is 2.76. The van der Waals surface area contributed by atoms with Crippen molar-refractivity contribution in [3.05, 3.63) is 0 Å². The molecule has 136 valence electrons. The Balaban J connectivity index is 1.88. The second-order valence-electron chi connectivity index (χ2n) is 9.69. The molecule has 1 aliphatic heterocycles. The van der Waals surface area contributed by atoms with Gasteiger partial charge in [-0.15, -0.1) is 0 Å². The number of nitrogens with zero attached hydrogens (tertiary/aromatic N) is 1. The third-order valence-corrected chi connectivity index (χ3v) is 6.10. The predicted octanol–water partition coefficient (Wildman–Crippen LogP) is 5.08. The zero-order valence-corrected chi connectivity index (χ0v) is 16.5. The monoisotopic (exact) mass is 322 g/mol. The molecule has 2 heteroatoms. The third-order valence-electron chi connectivity index (χ3n) is 6.10. The van der Waals surface area contributed by atoms with E-state index in [1.165, 1.54) is 71.0 Å². The van der Waals surface area contributed by atoms with E-state index in [0.29, 0.717) is 11.5 Å². The lowest BCUT2D eigenvalue weighted by atomic mass is 9.79. The molecule has 2 aliphatic rings. The topological polar surface area (TPSA) is 15.3 Å². The van der Waals surface area contributed by atoms with Crippen molar-refractivity contribution in [2.45, 2.75) is 98.1 Å². The van der Waals surface area contributed by atoms with Gasteiger partial charge < -0.3 is 5.32 Å². The molecule has 0 aromatic rings. The van der Waals surface area contributed by atoms with Gasteiger partial charge in [-0.1, -0.05) is 47.0 Å². The quantitative estimate of drug-likeness (QED) is 0.733. The van der Waals surface area contributed by atoms with E-state index in [0.717, 1.165) is 17.9 Å². The van der Waals surface area contributed by atoms with Crippen molar-refractivity contribution in [3.8, 4) is 0 Å². The zero-order valence-electron chi connectivity index (χ0n) is 16.5.